The molecule has 3 heterocycles. The molecular weight excluding hydrogens is 328 g/mol. The van der Waals surface area contributed by atoms with Gasteiger partial charge >= 0.3 is 0 Å². The van der Waals surface area contributed by atoms with E-state index in [0.29, 0.717) is 23.0 Å². The third-order valence-electron chi connectivity index (χ3n) is 6.95. The molecule has 1 amide bonds. The van der Waals surface area contributed by atoms with Crippen molar-refractivity contribution in [2.24, 2.45) is 5.41 Å². The van der Waals surface area contributed by atoms with Crippen molar-refractivity contribution >= 4 is 5.91 Å². The first-order chi connectivity index (χ1) is 12.8. The molecule has 26 heavy (non-hydrogen) atoms. The first-order valence-corrected chi connectivity index (χ1v) is 10.3. The van der Waals surface area contributed by atoms with E-state index in [1.165, 1.54) is 32.1 Å². The largest absolute Gasteiger partial charge is 0.474 e. The van der Waals surface area contributed by atoms with Crippen LogP contribution in [-0.4, -0.2) is 47.2 Å². The molecule has 140 valence electrons. The molecule has 4 fully saturated rings. The van der Waals surface area contributed by atoms with Crippen LogP contribution in [0.1, 0.15) is 68.1 Å². The van der Waals surface area contributed by atoms with E-state index in [4.69, 9.17) is 9.47 Å². The molecule has 0 radical (unpaired) electrons. The van der Waals surface area contributed by atoms with Gasteiger partial charge in [0.2, 0.25) is 5.88 Å². The number of likely N-dealkylation sites (tertiary alicyclic amines) is 1. The van der Waals surface area contributed by atoms with Gasteiger partial charge in [-0.2, -0.15) is 0 Å². The third-order valence-corrected chi connectivity index (χ3v) is 6.95. The minimum Gasteiger partial charge on any atom is -0.474 e. The Kier molecular flexibility index (Phi) is 4.15. The van der Waals surface area contributed by atoms with Crippen molar-refractivity contribution < 1.29 is 14.3 Å². The van der Waals surface area contributed by atoms with Crippen LogP contribution in [0.3, 0.4) is 0 Å². The fourth-order valence-electron chi connectivity index (χ4n) is 5.40. The summed E-state index contributed by atoms with van der Waals surface area (Å²) in [6.45, 7) is 1.73. The number of aromatic nitrogens is 1. The Morgan fingerprint density at radius 3 is 2.62 bits per heavy atom. The molecule has 2 aliphatic carbocycles. The number of carbonyl (C=O) groups is 1. The zero-order valence-corrected chi connectivity index (χ0v) is 15.4. The van der Waals surface area contributed by atoms with E-state index in [2.05, 4.69) is 4.98 Å². The lowest BCUT2D eigenvalue weighted by atomic mass is 9.56. The van der Waals surface area contributed by atoms with Crippen molar-refractivity contribution in [3.8, 4) is 5.88 Å². The first-order valence-electron chi connectivity index (χ1n) is 10.3. The number of hydrogen-bond acceptors (Lipinski definition) is 4. The van der Waals surface area contributed by atoms with Crippen LogP contribution in [0.2, 0.25) is 0 Å². The van der Waals surface area contributed by atoms with Crippen LogP contribution >= 0.6 is 0 Å². The van der Waals surface area contributed by atoms with Gasteiger partial charge in [0.05, 0.1) is 17.7 Å². The van der Waals surface area contributed by atoms with Crippen LogP contribution in [0.15, 0.2) is 18.3 Å². The minimum atomic E-state index is 0.0999. The fraction of sp³-hybridized carbons (Fsp3) is 0.714. The van der Waals surface area contributed by atoms with Crippen LogP contribution in [0, 0.1) is 5.41 Å². The monoisotopic (exact) mass is 356 g/mol. The van der Waals surface area contributed by atoms with E-state index in [9.17, 15) is 4.79 Å². The summed E-state index contributed by atoms with van der Waals surface area (Å²) in [4.78, 5) is 19.5. The molecule has 2 saturated heterocycles. The molecule has 0 aromatic carbocycles. The van der Waals surface area contributed by atoms with Gasteiger partial charge in [-0.25, -0.2) is 4.98 Å². The van der Waals surface area contributed by atoms with E-state index in [1.54, 1.807) is 6.20 Å². The van der Waals surface area contributed by atoms with E-state index in [1.807, 2.05) is 17.0 Å². The van der Waals surface area contributed by atoms with Crippen molar-refractivity contribution in [2.75, 3.05) is 13.2 Å². The van der Waals surface area contributed by atoms with Crippen LogP contribution in [0.25, 0.3) is 0 Å². The van der Waals surface area contributed by atoms with Gasteiger partial charge in [0.1, 0.15) is 6.10 Å². The number of nitrogens with zero attached hydrogens (tertiary/aromatic N) is 2. The second kappa shape index (κ2) is 6.52. The number of amides is 1. The Labute approximate surface area is 155 Å². The van der Waals surface area contributed by atoms with Crippen LogP contribution in [-0.2, 0) is 4.74 Å². The lowest BCUT2D eigenvalue weighted by Gasteiger charge is -2.63. The molecule has 2 atom stereocenters. The Hall–Kier alpha value is -1.62. The summed E-state index contributed by atoms with van der Waals surface area (Å²) >= 11 is 0. The van der Waals surface area contributed by atoms with Crippen LogP contribution < -0.4 is 4.74 Å². The number of carbonyl (C=O) groups excluding carboxylic acids is 1. The average Bonchev–Trinajstić information content (AvgIpc) is 3.27. The summed E-state index contributed by atoms with van der Waals surface area (Å²) < 4.78 is 11.9. The molecule has 4 aliphatic rings. The lowest BCUT2D eigenvalue weighted by Crippen LogP contribution is -2.72. The van der Waals surface area contributed by atoms with Gasteiger partial charge in [-0.05, 0) is 57.4 Å². The standard InChI is InChI=1S/C21H28N2O3/c24-20(15-8-9-18(22-13-15)26-16-5-1-2-6-16)23-14-21(10-4-11-21)19(23)17-7-3-12-25-17/h8-9,13,16-17,19H,1-7,10-12,14H2. The van der Waals surface area contributed by atoms with E-state index in [0.717, 1.165) is 38.8 Å². The summed E-state index contributed by atoms with van der Waals surface area (Å²) in [7, 11) is 0. The van der Waals surface area contributed by atoms with Crippen LogP contribution in [0.5, 0.6) is 5.88 Å². The smallest absolute Gasteiger partial charge is 0.255 e. The summed E-state index contributed by atoms with van der Waals surface area (Å²) in [6.07, 6.45) is 12.9. The van der Waals surface area contributed by atoms with Crippen molar-refractivity contribution in [1.82, 2.24) is 9.88 Å². The van der Waals surface area contributed by atoms with Gasteiger partial charge in [0.15, 0.2) is 0 Å². The predicted molar refractivity (Wildman–Crippen MR) is 97.2 cm³/mol. The predicted octanol–water partition coefficient (Wildman–Crippen LogP) is 3.58. The SMILES string of the molecule is O=C(c1ccc(OC2CCCC2)nc1)N1CC2(CCC2)C1C1CCCO1. The number of hydrogen-bond donors (Lipinski definition) is 0. The third kappa shape index (κ3) is 2.72. The summed E-state index contributed by atoms with van der Waals surface area (Å²) in [6, 6.07) is 3.99. The van der Waals surface area contributed by atoms with Crippen molar-refractivity contribution in [3.05, 3.63) is 23.9 Å². The highest BCUT2D eigenvalue weighted by Crippen LogP contribution is 2.55. The van der Waals surface area contributed by atoms with Gasteiger partial charge in [0, 0.05) is 30.8 Å². The maximum absolute atomic E-state index is 13.1. The molecule has 5 heteroatoms. The molecule has 2 aliphatic heterocycles. The first kappa shape index (κ1) is 16.5. The number of rotatable bonds is 4. The molecule has 5 rings (SSSR count). The Bertz CT molecular complexity index is 658. The van der Waals surface area contributed by atoms with Crippen LogP contribution in [0.4, 0.5) is 0 Å². The van der Waals surface area contributed by atoms with Crippen molar-refractivity contribution in [3.63, 3.8) is 0 Å². The zero-order valence-electron chi connectivity index (χ0n) is 15.4. The molecule has 1 aromatic heterocycles. The Morgan fingerprint density at radius 1 is 1.15 bits per heavy atom. The molecule has 2 saturated carbocycles. The van der Waals surface area contributed by atoms with Gasteiger partial charge in [-0.1, -0.05) is 6.42 Å². The summed E-state index contributed by atoms with van der Waals surface area (Å²) in [5, 5.41) is 0. The second-order valence-corrected chi connectivity index (χ2v) is 8.55. The molecule has 0 bridgehead atoms. The Morgan fingerprint density at radius 2 is 2.00 bits per heavy atom. The minimum absolute atomic E-state index is 0.0999. The van der Waals surface area contributed by atoms with Gasteiger partial charge in [0.25, 0.3) is 5.91 Å². The molecule has 0 N–H and O–H groups in total. The van der Waals surface area contributed by atoms with Gasteiger partial charge in [-0.3, -0.25) is 4.79 Å². The molecule has 5 nitrogen and oxygen atoms in total. The highest BCUT2D eigenvalue weighted by molar-refractivity contribution is 5.95. The molecule has 1 aromatic rings. The second-order valence-electron chi connectivity index (χ2n) is 8.55. The average molecular weight is 356 g/mol. The van der Waals surface area contributed by atoms with Crippen molar-refractivity contribution in [2.45, 2.75) is 76.0 Å². The normalized spacial score (nSPS) is 30.2. The highest BCUT2D eigenvalue weighted by atomic mass is 16.5. The highest BCUT2D eigenvalue weighted by Gasteiger charge is 2.60. The number of ether oxygens (including phenoxy) is 2. The fourth-order valence-corrected chi connectivity index (χ4v) is 5.40. The lowest BCUT2D eigenvalue weighted by molar-refractivity contribution is -0.150. The van der Waals surface area contributed by atoms with E-state index >= 15 is 0 Å². The van der Waals surface area contributed by atoms with Gasteiger partial charge in [-0.15, -0.1) is 0 Å². The van der Waals surface area contributed by atoms with E-state index < -0.39 is 0 Å². The molecule has 2 unspecified atom stereocenters. The maximum atomic E-state index is 13.1. The topological polar surface area (TPSA) is 51.7 Å². The molecular formula is C21H28N2O3. The Balaban J connectivity index is 1.28. The van der Waals surface area contributed by atoms with Crippen molar-refractivity contribution in [1.29, 1.82) is 0 Å². The molecule has 1 spiro atoms. The zero-order chi connectivity index (χ0) is 17.6. The maximum Gasteiger partial charge on any atom is 0.255 e. The summed E-state index contributed by atoms with van der Waals surface area (Å²) in [5.74, 6) is 0.742. The van der Waals surface area contributed by atoms with Gasteiger partial charge < -0.3 is 14.4 Å². The summed E-state index contributed by atoms with van der Waals surface area (Å²) in [5.41, 5.74) is 1.00. The quantitative estimate of drug-likeness (QED) is 0.827. The number of pyridine rings is 1. The van der Waals surface area contributed by atoms with E-state index in [-0.39, 0.29) is 18.1 Å².